The van der Waals surface area contributed by atoms with Crippen LogP contribution in [-0.2, 0) is 6.42 Å². The molecule has 0 atom stereocenters. The van der Waals surface area contributed by atoms with Crippen LogP contribution in [0.25, 0.3) is 0 Å². The lowest BCUT2D eigenvalue weighted by atomic mass is 10.1. The molecule has 5 heteroatoms. The van der Waals surface area contributed by atoms with Gasteiger partial charge in [-0.1, -0.05) is 30.6 Å². The van der Waals surface area contributed by atoms with Gasteiger partial charge < -0.3 is 15.7 Å². The molecule has 0 aliphatic heterocycles. The van der Waals surface area contributed by atoms with Gasteiger partial charge in [0.25, 0.3) is 0 Å². The van der Waals surface area contributed by atoms with Gasteiger partial charge in [-0.25, -0.2) is 4.98 Å². The fourth-order valence-electron chi connectivity index (χ4n) is 1.85. The van der Waals surface area contributed by atoms with Gasteiger partial charge in [0.2, 0.25) is 0 Å². The van der Waals surface area contributed by atoms with E-state index in [-0.39, 0.29) is 5.84 Å². The first-order valence-corrected chi connectivity index (χ1v) is 6.44. The van der Waals surface area contributed by atoms with Gasteiger partial charge in [-0.2, -0.15) is 0 Å². The highest BCUT2D eigenvalue weighted by Gasteiger charge is 2.10. The second kappa shape index (κ2) is 6.56. The number of rotatable bonds is 5. The van der Waals surface area contributed by atoms with Gasteiger partial charge in [-0.3, -0.25) is 0 Å². The van der Waals surface area contributed by atoms with Crippen LogP contribution < -0.4 is 10.5 Å². The number of hydrogen-bond donors (Lipinski definition) is 2. The fraction of sp³-hybridized carbons (Fsp3) is 0.200. The lowest BCUT2D eigenvalue weighted by molar-refractivity contribution is 0.318. The molecule has 3 N–H and O–H groups in total. The molecule has 1 aromatic carbocycles. The number of nitrogens with two attached hydrogens (primary N) is 1. The smallest absolute Gasteiger partial charge is 0.192 e. The molecule has 0 amide bonds. The van der Waals surface area contributed by atoms with Crippen molar-refractivity contribution in [2.75, 3.05) is 0 Å². The molecule has 2 aromatic rings. The summed E-state index contributed by atoms with van der Waals surface area (Å²) in [6.45, 7) is 2.14. The van der Waals surface area contributed by atoms with E-state index in [1.165, 1.54) is 5.56 Å². The summed E-state index contributed by atoms with van der Waals surface area (Å²) in [5.41, 5.74) is 7.15. The third-order valence-corrected chi connectivity index (χ3v) is 2.81. The van der Waals surface area contributed by atoms with E-state index in [9.17, 15) is 0 Å². The summed E-state index contributed by atoms with van der Waals surface area (Å²) in [6, 6.07) is 11.3. The van der Waals surface area contributed by atoms with Gasteiger partial charge >= 0.3 is 0 Å². The number of pyridine rings is 1. The quantitative estimate of drug-likeness (QED) is 0.379. The molecule has 0 spiro atoms. The van der Waals surface area contributed by atoms with E-state index in [1.807, 2.05) is 24.3 Å². The molecule has 5 nitrogen and oxygen atoms in total. The number of amidine groups is 1. The van der Waals surface area contributed by atoms with Crippen LogP contribution in [0.5, 0.6) is 11.5 Å². The predicted molar refractivity (Wildman–Crippen MR) is 77.3 cm³/mol. The van der Waals surface area contributed by atoms with Crippen molar-refractivity contribution in [3.63, 3.8) is 0 Å². The predicted octanol–water partition coefficient (Wildman–Crippen LogP) is 2.92. The molecule has 2 rings (SSSR count). The molecular formula is C15H17N3O2. The summed E-state index contributed by atoms with van der Waals surface area (Å²) in [7, 11) is 0. The van der Waals surface area contributed by atoms with Crippen molar-refractivity contribution >= 4 is 5.84 Å². The molecule has 0 saturated heterocycles. The Morgan fingerprint density at radius 2 is 2.05 bits per heavy atom. The zero-order chi connectivity index (χ0) is 14.4. The molecular weight excluding hydrogens is 254 g/mol. The molecule has 0 unspecified atom stereocenters. The Morgan fingerprint density at radius 3 is 2.70 bits per heavy atom. The van der Waals surface area contributed by atoms with Gasteiger partial charge in [-0.15, -0.1) is 0 Å². The van der Waals surface area contributed by atoms with E-state index in [0.717, 1.165) is 12.8 Å². The average molecular weight is 271 g/mol. The Kier molecular flexibility index (Phi) is 4.55. The highest BCUT2D eigenvalue weighted by atomic mass is 16.5. The van der Waals surface area contributed by atoms with Gasteiger partial charge in [0, 0.05) is 6.20 Å². The van der Waals surface area contributed by atoms with Crippen LogP contribution in [0.15, 0.2) is 47.8 Å². The third-order valence-electron chi connectivity index (χ3n) is 2.81. The van der Waals surface area contributed by atoms with Gasteiger partial charge in [-0.05, 0) is 36.2 Å². The van der Waals surface area contributed by atoms with Crippen LogP contribution in [0, 0.1) is 0 Å². The largest absolute Gasteiger partial charge is 0.455 e. The normalized spacial score (nSPS) is 11.3. The molecule has 20 heavy (non-hydrogen) atoms. The van der Waals surface area contributed by atoms with E-state index in [2.05, 4.69) is 17.1 Å². The molecule has 0 fully saturated rings. The topological polar surface area (TPSA) is 80.7 Å². The molecule has 0 aliphatic rings. The lowest BCUT2D eigenvalue weighted by Crippen LogP contribution is -2.15. The van der Waals surface area contributed by atoms with Gasteiger partial charge in [0.05, 0.1) is 0 Å². The maximum absolute atomic E-state index is 8.74. The fourth-order valence-corrected chi connectivity index (χ4v) is 1.85. The summed E-state index contributed by atoms with van der Waals surface area (Å²) in [5.74, 6) is 1.05. The molecule has 0 aliphatic carbocycles. The molecule has 1 heterocycles. The number of aryl methyl sites for hydroxylation is 1. The lowest BCUT2D eigenvalue weighted by Gasteiger charge is -2.09. The number of aromatic nitrogens is 1. The van der Waals surface area contributed by atoms with Gasteiger partial charge in [0.15, 0.2) is 17.3 Å². The summed E-state index contributed by atoms with van der Waals surface area (Å²) >= 11 is 0. The zero-order valence-corrected chi connectivity index (χ0v) is 11.3. The Bertz CT molecular complexity index is 594. The van der Waals surface area contributed by atoms with Crippen LogP contribution in [0.2, 0.25) is 0 Å². The van der Waals surface area contributed by atoms with Crippen LogP contribution in [-0.4, -0.2) is 16.0 Å². The Balaban J connectivity index is 2.21. The van der Waals surface area contributed by atoms with Gasteiger partial charge in [0.1, 0.15) is 5.75 Å². The van der Waals surface area contributed by atoms with Crippen molar-refractivity contribution < 1.29 is 9.94 Å². The van der Waals surface area contributed by atoms with Crippen LogP contribution in [0.1, 0.15) is 24.6 Å². The minimum absolute atomic E-state index is 0.0804. The maximum atomic E-state index is 8.74. The van der Waals surface area contributed by atoms with E-state index in [4.69, 9.17) is 15.7 Å². The standard InChI is InChI=1S/C15H17N3O2/c1-2-4-11-6-8-12(9-7-11)20-13-5-3-10-17-14(13)15(16)18-19/h3,5-10,19H,2,4H2,1H3,(H2,16,18). The Morgan fingerprint density at radius 1 is 1.30 bits per heavy atom. The first kappa shape index (κ1) is 13.9. The summed E-state index contributed by atoms with van der Waals surface area (Å²) in [6.07, 6.45) is 3.71. The SMILES string of the molecule is CCCc1ccc(Oc2cccnc2/C(N)=N/O)cc1. The summed E-state index contributed by atoms with van der Waals surface area (Å²) < 4.78 is 5.73. The van der Waals surface area contributed by atoms with Crippen LogP contribution >= 0.6 is 0 Å². The first-order chi connectivity index (χ1) is 9.74. The molecule has 1 aromatic heterocycles. The number of nitrogens with zero attached hydrogens (tertiary/aromatic N) is 2. The molecule has 0 radical (unpaired) electrons. The van der Waals surface area contributed by atoms with E-state index >= 15 is 0 Å². The molecule has 0 saturated carbocycles. The number of hydrogen-bond acceptors (Lipinski definition) is 4. The Labute approximate surface area is 117 Å². The summed E-state index contributed by atoms with van der Waals surface area (Å²) in [5, 5.41) is 11.7. The Hall–Kier alpha value is -2.56. The number of benzene rings is 1. The van der Waals surface area contributed by atoms with Crippen molar-refractivity contribution in [1.29, 1.82) is 0 Å². The van der Waals surface area contributed by atoms with E-state index in [1.54, 1.807) is 18.3 Å². The summed E-state index contributed by atoms with van der Waals surface area (Å²) in [4.78, 5) is 4.05. The number of ether oxygens (including phenoxy) is 1. The first-order valence-electron chi connectivity index (χ1n) is 6.44. The van der Waals surface area contributed by atoms with Crippen molar-refractivity contribution in [1.82, 2.24) is 4.98 Å². The second-order valence-corrected chi connectivity index (χ2v) is 4.33. The highest BCUT2D eigenvalue weighted by molar-refractivity contribution is 5.97. The minimum Gasteiger partial charge on any atom is -0.455 e. The molecule has 104 valence electrons. The molecule has 0 bridgehead atoms. The van der Waals surface area contributed by atoms with Crippen molar-refractivity contribution in [3.05, 3.63) is 53.9 Å². The number of oxime groups is 1. The third kappa shape index (κ3) is 3.26. The van der Waals surface area contributed by atoms with Crippen LogP contribution in [0.4, 0.5) is 0 Å². The van der Waals surface area contributed by atoms with Crippen molar-refractivity contribution in [2.45, 2.75) is 19.8 Å². The minimum atomic E-state index is -0.0804. The van der Waals surface area contributed by atoms with Crippen molar-refractivity contribution in [2.24, 2.45) is 10.9 Å². The maximum Gasteiger partial charge on any atom is 0.192 e. The van der Waals surface area contributed by atoms with E-state index in [0.29, 0.717) is 17.2 Å². The highest BCUT2D eigenvalue weighted by Crippen LogP contribution is 2.24. The monoisotopic (exact) mass is 271 g/mol. The van der Waals surface area contributed by atoms with Crippen LogP contribution in [0.3, 0.4) is 0 Å². The second-order valence-electron chi connectivity index (χ2n) is 4.33. The zero-order valence-electron chi connectivity index (χ0n) is 11.3. The van der Waals surface area contributed by atoms with Crippen molar-refractivity contribution in [3.8, 4) is 11.5 Å². The average Bonchev–Trinajstić information content (AvgIpc) is 2.49. The van der Waals surface area contributed by atoms with E-state index < -0.39 is 0 Å².